The monoisotopic (exact) mass is 259 g/mol. The molecule has 0 bridgehead atoms. The van der Waals surface area contributed by atoms with Gasteiger partial charge in [-0.15, -0.1) is 0 Å². The lowest BCUT2D eigenvalue weighted by atomic mass is 9.96. The maximum atomic E-state index is 12.3. The molecule has 0 heterocycles. The van der Waals surface area contributed by atoms with Crippen LogP contribution in [0.3, 0.4) is 0 Å². The van der Waals surface area contributed by atoms with Crippen LogP contribution in [0.2, 0.25) is 0 Å². The van der Waals surface area contributed by atoms with Gasteiger partial charge < -0.3 is 0 Å². The topological polar surface area (TPSA) is 67.2 Å². The fourth-order valence-electron chi connectivity index (χ4n) is 3.04. The number of nitrogens with one attached hydrogen (secondary N) is 2. The number of rotatable bonds is 4. The average Bonchev–Trinajstić information content (AvgIpc) is 2.30. The maximum Gasteiger partial charge on any atom is 0.276 e. The van der Waals surface area contributed by atoms with Crippen molar-refractivity contribution in [3.05, 3.63) is 0 Å². The van der Waals surface area contributed by atoms with Crippen molar-refractivity contribution in [1.82, 2.24) is 10.2 Å². The Kier molecular flexibility index (Phi) is 5.04. The van der Waals surface area contributed by atoms with Gasteiger partial charge in [0.15, 0.2) is 0 Å². The normalized spacial score (nSPS) is 25.0. The van der Waals surface area contributed by atoms with Crippen LogP contribution in [-0.2, 0) is 4.57 Å². The first-order valence-corrected chi connectivity index (χ1v) is 8.87. The number of hydrogen-bond donors (Lipinski definition) is 3. The van der Waals surface area contributed by atoms with Gasteiger partial charge in [-0.05, 0) is 25.7 Å². The van der Waals surface area contributed by atoms with Crippen LogP contribution in [-0.4, -0.2) is 12.1 Å². The first-order valence-electron chi connectivity index (χ1n) is 7.10. The van der Waals surface area contributed by atoms with Gasteiger partial charge in [0.05, 0.1) is 0 Å². The molecule has 0 unspecified atom stereocenters. The molecule has 2 aliphatic carbocycles. The second-order valence-corrected chi connectivity index (χ2v) is 7.42. The third kappa shape index (κ3) is 4.70. The first-order chi connectivity index (χ1) is 8.16. The van der Waals surface area contributed by atoms with Crippen LogP contribution in [0.25, 0.3) is 0 Å². The molecule has 0 spiro atoms. The predicted octanol–water partition coefficient (Wildman–Crippen LogP) is 2.90. The summed E-state index contributed by atoms with van der Waals surface area (Å²) in [6, 6.07) is 0.714. The maximum absolute atomic E-state index is 12.3. The van der Waals surface area contributed by atoms with Crippen LogP contribution in [0, 0.1) is 0 Å². The quantitative estimate of drug-likeness (QED) is 0.679. The largest absolute Gasteiger partial charge is 0.276 e. The molecule has 0 amide bonds. The summed E-state index contributed by atoms with van der Waals surface area (Å²) < 4.78 is 12.3. The van der Waals surface area contributed by atoms with Crippen LogP contribution >= 0.6 is 7.59 Å². The molecule has 4 N–H and O–H groups in total. The zero-order valence-corrected chi connectivity index (χ0v) is 11.6. The third-order valence-corrected chi connectivity index (χ3v) is 5.46. The molecular weight excluding hydrogens is 233 g/mol. The van der Waals surface area contributed by atoms with Crippen molar-refractivity contribution in [3.8, 4) is 0 Å². The van der Waals surface area contributed by atoms with Gasteiger partial charge in [0.2, 0.25) is 0 Å². The SMILES string of the molecule is NP(=O)(NC1CCCCC1)NC1CCCCC1. The van der Waals surface area contributed by atoms with Crippen molar-refractivity contribution in [2.75, 3.05) is 0 Å². The van der Waals surface area contributed by atoms with Gasteiger partial charge in [-0.1, -0.05) is 38.5 Å². The van der Waals surface area contributed by atoms with E-state index in [1.165, 1.54) is 38.5 Å². The molecule has 0 aromatic rings. The fraction of sp³-hybridized carbons (Fsp3) is 1.00. The van der Waals surface area contributed by atoms with Gasteiger partial charge in [0.1, 0.15) is 0 Å². The minimum absolute atomic E-state index is 0.357. The molecule has 0 atom stereocenters. The van der Waals surface area contributed by atoms with Gasteiger partial charge in [0, 0.05) is 12.1 Å². The highest BCUT2D eigenvalue weighted by Crippen LogP contribution is 2.33. The van der Waals surface area contributed by atoms with E-state index < -0.39 is 7.59 Å². The molecule has 0 aliphatic heterocycles. The second-order valence-electron chi connectivity index (χ2n) is 5.59. The van der Waals surface area contributed by atoms with Gasteiger partial charge in [-0.2, -0.15) is 0 Å². The molecule has 2 saturated carbocycles. The molecule has 4 nitrogen and oxygen atoms in total. The predicted molar refractivity (Wildman–Crippen MR) is 71.8 cm³/mol. The lowest BCUT2D eigenvalue weighted by Gasteiger charge is -2.30. The summed E-state index contributed by atoms with van der Waals surface area (Å²) in [5.41, 5.74) is 5.91. The lowest BCUT2D eigenvalue weighted by molar-refractivity contribution is 0.389. The summed E-state index contributed by atoms with van der Waals surface area (Å²) in [6.45, 7) is 0. The average molecular weight is 259 g/mol. The molecule has 0 aromatic carbocycles. The van der Waals surface area contributed by atoms with E-state index in [1.54, 1.807) is 0 Å². The molecule has 0 aromatic heterocycles. The van der Waals surface area contributed by atoms with E-state index in [0.717, 1.165) is 25.7 Å². The molecule has 100 valence electrons. The number of hydrogen-bond acceptors (Lipinski definition) is 1. The highest BCUT2D eigenvalue weighted by Gasteiger charge is 2.26. The molecular formula is C12H26N3OP. The van der Waals surface area contributed by atoms with E-state index in [1.807, 2.05) is 0 Å². The Balaban J connectivity index is 1.78. The van der Waals surface area contributed by atoms with Crippen LogP contribution < -0.4 is 15.7 Å². The Morgan fingerprint density at radius 2 is 1.12 bits per heavy atom. The summed E-state index contributed by atoms with van der Waals surface area (Å²) in [6.07, 6.45) is 12.0. The highest BCUT2D eigenvalue weighted by atomic mass is 31.2. The number of nitrogens with two attached hydrogens (primary N) is 1. The zero-order chi connectivity index (χ0) is 12.1. The van der Waals surface area contributed by atoms with Crippen LogP contribution in [0.1, 0.15) is 64.2 Å². The zero-order valence-electron chi connectivity index (χ0n) is 10.7. The summed E-state index contributed by atoms with van der Waals surface area (Å²) >= 11 is 0. The van der Waals surface area contributed by atoms with E-state index in [2.05, 4.69) is 10.2 Å². The van der Waals surface area contributed by atoms with Crippen molar-refractivity contribution in [2.45, 2.75) is 76.3 Å². The van der Waals surface area contributed by atoms with Crippen molar-refractivity contribution >= 4 is 7.59 Å². The van der Waals surface area contributed by atoms with E-state index in [-0.39, 0.29) is 0 Å². The van der Waals surface area contributed by atoms with E-state index in [9.17, 15) is 4.57 Å². The minimum Gasteiger partial charge on any atom is -0.271 e. The summed E-state index contributed by atoms with van der Waals surface area (Å²) in [4.78, 5) is 0. The molecule has 2 fully saturated rings. The van der Waals surface area contributed by atoms with Crippen LogP contribution in [0.15, 0.2) is 0 Å². The first kappa shape index (κ1) is 13.5. The lowest BCUT2D eigenvalue weighted by Crippen LogP contribution is -2.40. The molecule has 2 aliphatic rings. The van der Waals surface area contributed by atoms with E-state index in [4.69, 9.17) is 5.50 Å². The molecule has 5 heteroatoms. The summed E-state index contributed by atoms with van der Waals surface area (Å²) in [5.74, 6) is 0. The van der Waals surface area contributed by atoms with Crippen LogP contribution in [0.4, 0.5) is 0 Å². The highest BCUT2D eigenvalue weighted by molar-refractivity contribution is 7.57. The van der Waals surface area contributed by atoms with Gasteiger partial charge in [0.25, 0.3) is 7.59 Å². The minimum atomic E-state index is -2.83. The van der Waals surface area contributed by atoms with Gasteiger partial charge >= 0.3 is 0 Å². The molecule has 17 heavy (non-hydrogen) atoms. The van der Waals surface area contributed by atoms with Gasteiger partial charge in [-0.3, -0.25) is 10.1 Å². The standard InChI is InChI=1S/C12H26N3OP/c13-17(16,14-11-7-3-1-4-8-11)15-12-9-5-2-6-10-12/h11-12H,1-10H2,(H4,13,14,15,16). The fourth-order valence-corrected chi connectivity index (χ4v) is 4.72. The Labute approximate surface area is 105 Å². The van der Waals surface area contributed by atoms with Crippen molar-refractivity contribution < 1.29 is 4.57 Å². The Morgan fingerprint density at radius 1 is 0.765 bits per heavy atom. The van der Waals surface area contributed by atoms with Gasteiger partial charge in [-0.25, -0.2) is 10.2 Å². The summed E-state index contributed by atoms with van der Waals surface area (Å²) in [5, 5.41) is 6.33. The Hall–Kier alpha value is 0.110. The third-order valence-electron chi connectivity index (χ3n) is 3.96. The second kappa shape index (κ2) is 6.33. The molecule has 0 saturated heterocycles. The van der Waals surface area contributed by atoms with E-state index >= 15 is 0 Å². The Bertz CT molecular complexity index is 249. The van der Waals surface area contributed by atoms with Crippen molar-refractivity contribution in [2.24, 2.45) is 5.50 Å². The van der Waals surface area contributed by atoms with Crippen molar-refractivity contribution in [3.63, 3.8) is 0 Å². The Morgan fingerprint density at radius 3 is 1.47 bits per heavy atom. The molecule has 2 rings (SSSR count). The summed E-state index contributed by atoms with van der Waals surface area (Å²) in [7, 11) is -2.83. The van der Waals surface area contributed by atoms with Crippen molar-refractivity contribution in [1.29, 1.82) is 0 Å². The van der Waals surface area contributed by atoms with E-state index in [0.29, 0.717) is 12.1 Å². The smallest absolute Gasteiger partial charge is 0.271 e. The molecule has 0 radical (unpaired) electrons. The van der Waals surface area contributed by atoms with Crippen LogP contribution in [0.5, 0.6) is 0 Å².